The summed E-state index contributed by atoms with van der Waals surface area (Å²) in [6.07, 6.45) is 1.94. The van der Waals surface area contributed by atoms with E-state index < -0.39 is 0 Å². The van der Waals surface area contributed by atoms with Crippen LogP contribution >= 0.6 is 22.6 Å². The summed E-state index contributed by atoms with van der Waals surface area (Å²) in [5.41, 5.74) is 2.40. The summed E-state index contributed by atoms with van der Waals surface area (Å²) in [4.78, 5) is 0. The second kappa shape index (κ2) is 8.45. The van der Waals surface area contributed by atoms with Gasteiger partial charge in [0.2, 0.25) is 0 Å². The number of methoxy groups -OCH3 is 1. The lowest BCUT2D eigenvalue weighted by molar-refractivity contribution is 0.228. The van der Waals surface area contributed by atoms with Crippen molar-refractivity contribution in [3.63, 3.8) is 0 Å². The molecular formula is C23H20INO2. The van der Waals surface area contributed by atoms with Gasteiger partial charge in [0, 0.05) is 0 Å². The van der Waals surface area contributed by atoms with Gasteiger partial charge in [0.1, 0.15) is 0 Å². The molecule has 0 unspecified atom stereocenters. The fourth-order valence-electron chi connectivity index (χ4n) is 2.88. The van der Waals surface area contributed by atoms with Crippen LogP contribution in [0, 0.1) is 14.9 Å². The van der Waals surface area contributed by atoms with Gasteiger partial charge >= 0.3 is 0 Å². The molecule has 0 amide bonds. The number of halogens is 1. The molecule has 0 spiro atoms. The van der Waals surface area contributed by atoms with E-state index in [0.29, 0.717) is 11.3 Å². The fraction of sp³-hybridized carbons (Fsp3) is 0.174. The minimum absolute atomic E-state index is 0.0566. The van der Waals surface area contributed by atoms with Gasteiger partial charge in [0.15, 0.2) is 11.5 Å². The molecule has 0 N–H and O–H groups in total. The van der Waals surface area contributed by atoms with Crippen LogP contribution in [-0.2, 0) is 0 Å². The molecule has 0 aromatic heterocycles. The topological polar surface area (TPSA) is 42.2 Å². The van der Waals surface area contributed by atoms with Gasteiger partial charge in [0.05, 0.1) is 28.4 Å². The Hall–Kier alpha value is -2.52. The Balaban J connectivity index is 2.04. The van der Waals surface area contributed by atoms with E-state index in [1.54, 1.807) is 7.11 Å². The minimum Gasteiger partial charge on any atom is -0.493 e. The van der Waals surface area contributed by atoms with E-state index in [-0.39, 0.29) is 6.10 Å². The quantitative estimate of drug-likeness (QED) is 0.250. The predicted molar refractivity (Wildman–Crippen MR) is 119 cm³/mol. The zero-order valence-corrected chi connectivity index (χ0v) is 17.7. The number of nitrogens with zero attached hydrogens (tertiary/aromatic N) is 1. The molecular weight excluding hydrogens is 449 g/mol. The maximum absolute atomic E-state index is 9.71. The Morgan fingerprint density at radius 2 is 1.81 bits per heavy atom. The van der Waals surface area contributed by atoms with E-state index in [0.717, 1.165) is 31.2 Å². The van der Waals surface area contributed by atoms with Crippen molar-refractivity contribution in [1.29, 1.82) is 5.26 Å². The zero-order chi connectivity index (χ0) is 19.4. The Morgan fingerprint density at radius 3 is 2.48 bits per heavy atom. The van der Waals surface area contributed by atoms with Crippen molar-refractivity contribution in [2.75, 3.05) is 7.11 Å². The lowest BCUT2D eigenvalue weighted by atomic mass is 10.00. The van der Waals surface area contributed by atoms with E-state index in [1.807, 2.05) is 62.4 Å². The predicted octanol–water partition coefficient (Wildman–Crippen LogP) is 6.30. The van der Waals surface area contributed by atoms with Gasteiger partial charge in [-0.15, -0.1) is 0 Å². The number of allylic oxidation sites excluding steroid dienone is 1. The molecule has 3 nitrogen and oxygen atoms in total. The van der Waals surface area contributed by atoms with E-state index in [1.165, 1.54) is 0 Å². The summed E-state index contributed by atoms with van der Waals surface area (Å²) in [5.74, 6) is 1.40. The molecule has 0 aliphatic heterocycles. The molecule has 0 saturated carbocycles. The molecule has 136 valence electrons. The first-order valence-corrected chi connectivity index (χ1v) is 9.75. The smallest absolute Gasteiger partial charge is 0.174 e. The Kier molecular flexibility index (Phi) is 6.02. The molecule has 0 saturated heterocycles. The van der Waals surface area contributed by atoms with E-state index in [2.05, 4.69) is 40.8 Å². The summed E-state index contributed by atoms with van der Waals surface area (Å²) < 4.78 is 12.3. The number of hydrogen-bond donors (Lipinski definition) is 0. The van der Waals surface area contributed by atoms with Crippen LogP contribution in [0.5, 0.6) is 11.5 Å². The van der Waals surface area contributed by atoms with Gasteiger partial charge in [-0.1, -0.05) is 36.4 Å². The number of nitriles is 1. The van der Waals surface area contributed by atoms with Crippen LogP contribution in [0.15, 0.2) is 54.6 Å². The standard InChI is InChI=1S/C23H20INO2/c1-15(2)27-23-21(24)11-16(12-22(23)26-3)10-20(14-25)19-9-8-17-6-4-5-7-18(17)13-19/h4-13,15H,1-3H3/b20-10-. The summed E-state index contributed by atoms with van der Waals surface area (Å²) in [6, 6.07) is 20.4. The molecule has 0 heterocycles. The van der Waals surface area contributed by atoms with Crippen molar-refractivity contribution < 1.29 is 9.47 Å². The summed E-state index contributed by atoms with van der Waals surface area (Å²) >= 11 is 2.24. The van der Waals surface area contributed by atoms with Gasteiger partial charge < -0.3 is 9.47 Å². The summed E-state index contributed by atoms with van der Waals surface area (Å²) in [6.45, 7) is 3.97. The highest BCUT2D eigenvalue weighted by molar-refractivity contribution is 14.1. The van der Waals surface area contributed by atoms with Crippen LogP contribution in [0.25, 0.3) is 22.4 Å². The normalized spacial score (nSPS) is 11.5. The lowest BCUT2D eigenvalue weighted by Gasteiger charge is -2.16. The summed E-state index contributed by atoms with van der Waals surface area (Å²) in [7, 11) is 1.63. The number of hydrogen-bond acceptors (Lipinski definition) is 3. The lowest BCUT2D eigenvalue weighted by Crippen LogP contribution is -2.08. The van der Waals surface area contributed by atoms with Crippen LogP contribution in [0.1, 0.15) is 25.0 Å². The number of rotatable bonds is 5. The first-order valence-electron chi connectivity index (χ1n) is 8.67. The maximum Gasteiger partial charge on any atom is 0.174 e. The monoisotopic (exact) mass is 469 g/mol. The van der Waals surface area contributed by atoms with Crippen molar-refractivity contribution in [3.05, 3.63) is 69.3 Å². The average Bonchev–Trinajstić information content (AvgIpc) is 2.67. The Bertz CT molecular complexity index is 1050. The SMILES string of the molecule is COc1cc(/C=C(/C#N)c2ccc3ccccc3c2)cc(I)c1OC(C)C. The van der Waals surface area contributed by atoms with Crippen molar-refractivity contribution in [1.82, 2.24) is 0 Å². The third-order valence-electron chi connectivity index (χ3n) is 4.10. The largest absolute Gasteiger partial charge is 0.493 e. The fourth-order valence-corrected chi connectivity index (χ4v) is 3.63. The van der Waals surface area contributed by atoms with Gasteiger partial charge in [-0.05, 0) is 82.6 Å². The first-order chi connectivity index (χ1) is 13.0. The van der Waals surface area contributed by atoms with Crippen molar-refractivity contribution in [3.8, 4) is 17.6 Å². The minimum atomic E-state index is 0.0566. The van der Waals surface area contributed by atoms with Gasteiger partial charge in [0.25, 0.3) is 0 Å². The van der Waals surface area contributed by atoms with Crippen LogP contribution in [0.3, 0.4) is 0 Å². The molecule has 3 rings (SSSR count). The van der Waals surface area contributed by atoms with Crippen LogP contribution < -0.4 is 9.47 Å². The van der Waals surface area contributed by atoms with Crippen LogP contribution in [0.2, 0.25) is 0 Å². The third kappa shape index (κ3) is 4.42. The van der Waals surface area contributed by atoms with Gasteiger partial charge in [-0.3, -0.25) is 0 Å². The Labute approximate surface area is 173 Å². The van der Waals surface area contributed by atoms with E-state index >= 15 is 0 Å². The molecule has 0 aliphatic carbocycles. The third-order valence-corrected chi connectivity index (χ3v) is 4.90. The molecule has 3 aromatic rings. The van der Waals surface area contributed by atoms with Crippen molar-refractivity contribution >= 4 is 45.0 Å². The number of ether oxygens (including phenoxy) is 2. The van der Waals surface area contributed by atoms with Gasteiger partial charge in [-0.25, -0.2) is 0 Å². The molecule has 0 atom stereocenters. The van der Waals surface area contributed by atoms with E-state index in [4.69, 9.17) is 9.47 Å². The molecule has 0 aliphatic rings. The highest BCUT2D eigenvalue weighted by atomic mass is 127. The number of benzene rings is 3. The van der Waals surface area contributed by atoms with Crippen molar-refractivity contribution in [2.24, 2.45) is 0 Å². The van der Waals surface area contributed by atoms with Gasteiger partial charge in [-0.2, -0.15) is 5.26 Å². The van der Waals surface area contributed by atoms with E-state index in [9.17, 15) is 5.26 Å². The molecule has 4 heteroatoms. The van der Waals surface area contributed by atoms with Crippen molar-refractivity contribution in [2.45, 2.75) is 20.0 Å². The highest BCUT2D eigenvalue weighted by Gasteiger charge is 2.13. The average molecular weight is 469 g/mol. The molecule has 0 bridgehead atoms. The Morgan fingerprint density at radius 1 is 1.07 bits per heavy atom. The first kappa shape index (κ1) is 19.2. The van der Waals surface area contributed by atoms with Crippen LogP contribution in [0.4, 0.5) is 0 Å². The molecule has 3 aromatic carbocycles. The zero-order valence-electron chi connectivity index (χ0n) is 15.5. The molecule has 0 fully saturated rings. The summed E-state index contributed by atoms with van der Waals surface area (Å²) in [5, 5.41) is 12.0. The second-order valence-corrected chi connectivity index (χ2v) is 7.59. The maximum atomic E-state index is 9.71. The molecule has 27 heavy (non-hydrogen) atoms. The molecule has 0 radical (unpaired) electrons. The number of fused-ring (bicyclic) bond motifs is 1. The second-order valence-electron chi connectivity index (χ2n) is 6.43. The highest BCUT2D eigenvalue weighted by Crippen LogP contribution is 2.36. The van der Waals surface area contributed by atoms with Crippen LogP contribution in [-0.4, -0.2) is 13.2 Å².